The molecule has 0 aliphatic heterocycles. The number of rotatable bonds is 4. The summed E-state index contributed by atoms with van der Waals surface area (Å²) in [7, 11) is 1.53. The Morgan fingerprint density at radius 2 is 2.12 bits per heavy atom. The molecule has 0 unspecified atom stereocenters. The van der Waals surface area contributed by atoms with Crippen molar-refractivity contribution in [2.24, 2.45) is 0 Å². The molecule has 0 aromatic carbocycles. The van der Waals surface area contributed by atoms with Crippen molar-refractivity contribution in [1.82, 2.24) is 4.57 Å². The minimum absolute atomic E-state index is 0.165. The number of hydrogen-bond acceptors (Lipinski definition) is 3. The highest BCUT2D eigenvalue weighted by Crippen LogP contribution is 2.06. The molecule has 0 spiro atoms. The first kappa shape index (κ1) is 12.4. The van der Waals surface area contributed by atoms with Crippen LogP contribution in [0.3, 0.4) is 0 Å². The zero-order valence-electron chi connectivity index (χ0n) is 9.61. The quantitative estimate of drug-likeness (QED) is 0.823. The molecule has 0 atom stereocenters. The molecule has 1 heterocycles. The summed E-state index contributed by atoms with van der Waals surface area (Å²) < 4.78 is 6.30. The van der Waals surface area contributed by atoms with Gasteiger partial charge in [-0.25, -0.2) is 4.79 Å². The fraction of sp³-hybridized carbons (Fsp3) is 0.455. The van der Waals surface area contributed by atoms with Crippen molar-refractivity contribution in [3.05, 3.63) is 33.2 Å². The van der Waals surface area contributed by atoms with Gasteiger partial charge in [0.1, 0.15) is 5.56 Å². The van der Waals surface area contributed by atoms with Gasteiger partial charge < -0.3 is 14.4 Å². The number of carbonyl (C=O) groups is 1. The molecule has 0 amide bonds. The van der Waals surface area contributed by atoms with Crippen LogP contribution in [0.25, 0.3) is 0 Å². The van der Waals surface area contributed by atoms with E-state index >= 15 is 0 Å². The second kappa shape index (κ2) is 4.94. The fourth-order valence-corrected chi connectivity index (χ4v) is 1.65. The Kier molecular flexibility index (Phi) is 3.84. The first-order valence-electron chi connectivity index (χ1n) is 4.92. The highest BCUT2D eigenvalue weighted by molar-refractivity contribution is 5.88. The molecule has 88 valence electrons. The van der Waals surface area contributed by atoms with Crippen LogP contribution in [0.15, 0.2) is 10.9 Å². The molecule has 0 radical (unpaired) electrons. The standard InChI is InChI=1S/C11H15NO4/c1-7-6-8(2)12(4-5-16-3)10(13)9(7)11(14)15/h6H,4-5H2,1-3H3,(H,14,15). The maximum absolute atomic E-state index is 11.9. The zero-order chi connectivity index (χ0) is 12.3. The SMILES string of the molecule is COCCn1c(C)cc(C)c(C(=O)O)c1=O. The molecule has 1 aromatic heterocycles. The number of pyridine rings is 1. The first-order valence-corrected chi connectivity index (χ1v) is 4.92. The Bertz CT molecular complexity index is 462. The third-order valence-corrected chi connectivity index (χ3v) is 2.44. The summed E-state index contributed by atoms with van der Waals surface area (Å²) in [5.74, 6) is -1.19. The fourth-order valence-electron chi connectivity index (χ4n) is 1.65. The smallest absolute Gasteiger partial charge is 0.341 e. The van der Waals surface area contributed by atoms with E-state index in [-0.39, 0.29) is 5.56 Å². The number of methoxy groups -OCH3 is 1. The maximum atomic E-state index is 11.9. The zero-order valence-corrected chi connectivity index (χ0v) is 9.61. The third-order valence-electron chi connectivity index (χ3n) is 2.44. The third kappa shape index (κ3) is 2.30. The van der Waals surface area contributed by atoms with Crippen LogP contribution in [0, 0.1) is 13.8 Å². The average molecular weight is 225 g/mol. The van der Waals surface area contributed by atoms with E-state index in [1.807, 2.05) is 0 Å². The van der Waals surface area contributed by atoms with E-state index in [1.165, 1.54) is 11.7 Å². The Morgan fingerprint density at radius 1 is 1.50 bits per heavy atom. The van der Waals surface area contributed by atoms with Crippen molar-refractivity contribution >= 4 is 5.97 Å². The highest BCUT2D eigenvalue weighted by atomic mass is 16.5. The second-order valence-electron chi connectivity index (χ2n) is 3.60. The van der Waals surface area contributed by atoms with Crippen LogP contribution >= 0.6 is 0 Å². The minimum Gasteiger partial charge on any atom is -0.477 e. The van der Waals surface area contributed by atoms with Crippen molar-refractivity contribution in [2.75, 3.05) is 13.7 Å². The monoisotopic (exact) mass is 225 g/mol. The molecule has 1 rings (SSSR count). The molecule has 0 saturated carbocycles. The molecule has 0 saturated heterocycles. The molecule has 0 fully saturated rings. The summed E-state index contributed by atoms with van der Waals surface area (Å²) in [5, 5.41) is 8.94. The van der Waals surface area contributed by atoms with Gasteiger partial charge in [-0.05, 0) is 25.5 Å². The van der Waals surface area contributed by atoms with Crippen molar-refractivity contribution < 1.29 is 14.6 Å². The molecular weight excluding hydrogens is 210 g/mol. The topological polar surface area (TPSA) is 68.5 Å². The van der Waals surface area contributed by atoms with E-state index in [1.54, 1.807) is 19.9 Å². The summed E-state index contributed by atoms with van der Waals surface area (Å²) >= 11 is 0. The number of aromatic nitrogens is 1. The Labute approximate surface area is 93.3 Å². The van der Waals surface area contributed by atoms with E-state index in [2.05, 4.69) is 0 Å². The van der Waals surface area contributed by atoms with Crippen LogP contribution in [0.4, 0.5) is 0 Å². The summed E-state index contributed by atoms with van der Waals surface area (Å²) in [6, 6.07) is 1.69. The summed E-state index contributed by atoms with van der Waals surface area (Å²) in [5.41, 5.74) is 0.594. The molecule has 1 aromatic rings. The van der Waals surface area contributed by atoms with E-state index in [0.717, 1.165) is 5.69 Å². The number of aromatic carboxylic acids is 1. The van der Waals surface area contributed by atoms with E-state index < -0.39 is 11.5 Å². The predicted octanol–water partition coefficient (Wildman–Crippen LogP) is 0.810. The van der Waals surface area contributed by atoms with Gasteiger partial charge in [-0.1, -0.05) is 0 Å². The van der Waals surface area contributed by atoms with Gasteiger partial charge in [-0.2, -0.15) is 0 Å². The van der Waals surface area contributed by atoms with Gasteiger partial charge in [0.25, 0.3) is 5.56 Å². The van der Waals surface area contributed by atoms with Crippen LogP contribution < -0.4 is 5.56 Å². The lowest BCUT2D eigenvalue weighted by Gasteiger charge is -2.12. The summed E-state index contributed by atoms with van der Waals surface area (Å²) in [6.07, 6.45) is 0. The normalized spacial score (nSPS) is 10.4. The molecule has 5 nitrogen and oxygen atoms in total. The average Bonchev–Trinajstić information content (AvgIpc) is 2.16. The molecule has 16 heavy (non-hydrogen) atoms. The molecule has 5 heteroatoms. The molecular formula is C11H15NO4. The lowest BCUT2D eigenvalue weighted by atomic mass is 10.1. The number of ether oxygens (including phenoxy) is 1. The van der Waals surface area contributed by atoms with Gasteiger partial charge in [0.05, 0.1) is 6.61 Å². The van der Waals surface area contributed by atoms with Gasteiger partial charge in [-0.3, -0.25) is 4.79 Å². The summed E-state index contributed by atoms with van der Waals surface area (Å²) in [4.78, 5) is 22.8. The molecule has 0 bridgehead atoms. The van der Waals surface area contributed by atoms with Gasteiger partial charge in [0.2, 0.25) is 0 Å². The van der Waals surface area contributed by atoms with Crippen molar-refractivity contribution in [3.63, 3.8) is 0 Å². The largest absolute Gasteiger partial charge is 0.477 e. The number of nitrogens with zero attached hydrogens (tertiary/aromatic N) is 1. The van der Waals surface area contributed by atoms with Gasteiger partial charge >= 0.3 is 5.97 Å². The second-order valence-corrected chi connectivity index (χ2v) is 3.60. The Balaban J connectivity index is 3.34. The van der Waals surface area contributed by atoms with Crippen LogP contribution in [0.5, 0.6) is 0 Å². The molecule has 0 aliphatic carbocycles. The minimum atomic E-state index is -1.19. The van der Waals surface area contributed by atoms with Crippen molar-refractivity contribution in [3.8, 4) is 0 Å². The number of carboxylic acid groups (broad SMARTS) is 1. The van der Waals surface area contributed by atoms with Crippen LogP contribution in [0.2, 0.25) is 0 Å². The lowest BCUT2D eigenvalue weighted by Crippen LogP contribution is -2.30. The number of carboxylic acids is 1. The van der Waals surface area contributed by atoms with E-state index in [4.69, 9.17) is 9.84 Å². The van der Waals surface area contributed by atoms with Gasteiger partial charge in [-0.15, -0.1) is 0 Å². The van der Waals surface area contributed by atoms with Crippen molar-refractivity contribution in [1.29, 1.82) is 0 Å². The molecule has 1 N–H and O–H groups in total. The summed E-state index contributed by atoms with van der Waals surface area (Å²) in [6.45, 7) is 4.14. The number of aryl methyl sites for hydroxylation is 2. The Morgan fingerprint density at radius 3 is 2.62 bits per heavy atom. The van der Waals surface area contributed by atoms with E-state index in [0.29, 0.717) is 18.7 Å². The van der Waals surface area contributed by atoms with Gasteiger partial charge in [0, 0.05) is 19.3 Å². The lowest BCUT2D eigenvalue weighted by molar-refractivity contribution is 0.0693. The number of hydrogen-bond donors (Lipinski definition) is 1. The maximum Gasteiger partial charge on any atom is 0.341 e. The first-order chi connectivity index (χ1) is 7.49. The van der Waals surface area contributed by atoms with Gasteiger partial charge in [0.15, 0.2) is 0 Å². The Hall–Kier alpha value is -1.62. The molecule has 0 aliphatic rings. The van der Waals surface area contributed by atoms with Crippen LogP contribution in [0.1, 0.15) is 21.6 Å². The van der Waals surface area contributed by atoms with Crippen LogP contribution in [-0.4, -0.2) is 29.4 Å². The predicted molar refractivity (Wildman–Crippen MR) is 59.0 cm³/mol. The highest BCUT2D eigenvalue weighted by Gasteiger charge is 2.15. The van der Waals surface area contributed by atoms with Crippen LogP contribution in [-0.2, 0) is 11.3 Å². The van der Waals surface area contributed by atoms with Crippen molar-refractivity contribution in [2.45, 2.75) is 20.4 Å². The van der Waals surface area contributed by atoms with E-state index in [9.17, 15) is 9.59 Å².